The molecule has 23 heavy (non-hydrogen) atoms. The molecule has 120 valence electrons. The number of aliphatic carboxylic acids is 1. The van der Waals surface area contributed by atoms with Crippen molar-refractivity contribution in [3.8, 4) is 0 Å². The van der Waals surface area contributed by atoms with Crippen LogP contribution in [0, 0.1) is 0 Å². The lowest BCUT2D eigenvalue weighted by molar-refractivity contribution is -0.131. The highest BCUT2D eigenvalue weighted by atomic mass is 16.4. The Hall–Kier alpha value is -2.55. The molecule has 3 nitrogen and oxygen atoms in total. The normalized spacial score (nSPS) is 13.4. The Balaban J connectivity index is 2.24. The number of carboxylic acids is 1. The highest BCUT2D eigenvalue weighted by Gasteiger charge is 2.05. The molecule has 0 aliphatic carbocycles. The van der Waals surface area contributed by atoms with Gasteiger partial charge in [-0.1, -0.05) is 24.3 Å². The van der Waals surface area contributed by atoms with E-state index < -0.39 is 5.97 Å². The van der Waals surface area contributed by atoms with Crippen LogP contribution in [0.25, 0.3) is 16.5 Å². The van der Waals surface area contributed by atoms with Crippen LogP contribution in [0.15, 0.2) is 60.3 Å². The third-order valence-electron chi connectivity index (χ3n) is 3.79. The van der Waals surface area contributed by atoms with E-state index in [4.69, 9.17) is 5.11 Å². The van der Waals surface area contributed by atoms with E-state index in [2.05, 4.69) is 55.8 Å². The van der Waals surface area contributed by atoms with Gasteiger partial charge in [-0.2, -0.15) is 0 Å². The van der Waals surface area contributed by atoms with Gasteiger partial charge in [0.2, 0.25) is 0 Å². The summed E-state index contributed by atoms with van der Waals surface area (Å²) in [5, 5.41) is 9.92. The molecular formula is C20H23NO2. The molecule has 2 rings (SSSR count). The Morgan fingerprint density at radius 3 is 2.61 bits per heavy atom. The maximum atomic E-state index is 10.6. The minimum atomic E-state index is -0.923. The third kappa shape index (κ3) is 4.22. The van der Waals surface area contributed by atoms with Crippen LogP contribution >= 0.6 is 0 Å². The number of carboxylic acid groups (broad SMARTS) is 1. The average molecular weight is 309 g/mol. The van der Waals surface area contributed by atoms with Crippen LogP contribution in [0.5, 0.6) is 0 Å². The molecule has 0 aliphatic rings. The molecular weight excluding hydrogens is 286 g/mol. The summed E-state index contributed by atoms with van der Waals surface area (Å²) in [5.74, 6) is -0.923. The zero-order valence-corrected chi connectivity index (χ0v) is 14.1. The van der Waals surface area contributed by atoms with Crippen molar-refractivity contribution in [3.63, 3.8) is 0 Å². The molecule has 0 atom stereocenters. The van der Waals surface area contributed by atoms with Gasteiger partial charge < -0.3 is 9.67 Å². The Bertz CT molecular complexity index is 804. The summed E-state index contributed by atoms with van der Waals surface area (Å²) in [6.45, 7) is 8.18. The first-order chi connectivity index (χ1) is 10.9. The summed E-state index contributed by atoms with van der Waals surface area (Å²) in [4.78, 5) is 10.6. The summed E-state index contributed by atoms with van der Waals surface area (Å²) in [6, 6.07) is 9.06. The van der Waals surface area contributed by atoms with E-state index in [1.807, 2.05) is 12.2 Å². The minimum Gasteiger partial charge on any atom is -0.478 e. The number of hydrogen-bond acceptors (Lipinski definition) is 1. The van der Waals surface area contributed by atoms with Gasteiger partial charge in [0, 0.05) is 29.2 Å². The second kappa shape index (κ2) is 7.14. The van der Waals surface area contributed by atoms with Gasteiger partial charge in [-0.3, -0.25) is 0 Å². The monoisotopic (exact) mass is 309 g/mol. The molecule has 0 saturated heterocycles. The van der Waals surface area contributed by atoms with Gasteiger partial charge in [-0.05, 0) is 62.6 Å². The smallest absolute Gasteiger partial charge is 0.328 e. The van der Waals surface area contributed by atoms with Crippen molar-refractivity contribution in [1.29, 1.82) is 0 Å². The molecule has 3 heteroatoms. The van der Waals surface area contributed by atoms with Crippen molar-refractivity contribution in [2.24, 2.45) is 0 Å². The number of aromatic nitrogens is 1. The van der Waals surface area contributed by atoms with Gasteiger partial charge in [0.15, 0.2) is 0 Å². The predicted molar refractivity (Wildman–Crippen MR) is 96.5 cm³/mol. The highest BCUT2D eigenvalue weighted by molar-refractivity contribution is 5.85. The molecule has 0 unspecified atom stereocenters. The number of allylic oxidation sites excluding steroid dienone is 5. The van der Waals surface area contributed by atoms with E-state index in [1.165, 1.54) is 22.5 Å². The van der Waals surface area contributed by atoms with Crippen LogP contribution in [0.4, 0.5) is 0 Å². The fourth-order valence-corrected chi connectivity index (χ4v) is 2.54. The quantitative estimate of drug-likeness (QED) is 0.608. The molecule has 1 aromatic heterocycles. The molecule has 1 aromatic carbocycles. The number of rotatable bonds is 5. The molecule has 0 spiro atoms. The number of benzene rings is 1. The topological polar surface area (TPSA) is 42.2 Å². The number of carbonyl (C=O) groups is 1. The number of nitrogens with zero attached hydrogens (tertiary/aromatic N) is 1. The van der Waals surface area contributed by atoms with Gasteiger partial charge in [0.05, 0.1) is 0 Å². The Kier molecular flexibility index (Phi) is 5.22. The molecule has 0 amide bonds. The average Bonchev–Trinajstić information content (AvgIpc) is 2.89. The van der Waals surface area contributed by atoms with E-state index in [1.54, 1.807) is 13.0 Å². The zero-order chi connectivity index (χ0) is 17.0. The first-order valence-corrected chi connectivity index (χ1v) is 7.75. The largest absolute Gasteiger partial charge is 0.478 e. The van der Waals surface area contributed by atoms with Crippen LogP contribution < -0.4 is 0 Å². The van der Waals surface area contributed by atoms with Gasteiger partial charge in [-0.15, -0.1) is 0 Å². The maximum absolute atomic E-state index is 10.6. The Morgan fingerprint density at radius 1 is 1.22 bits per heavy atom. The molecule has 1 heterocycles. The van der Waals surface area contributed by atoms with Crippen molar-refractivity contribution >= 4 is 22.4 Å². The van der Waals surface area contributed by atoms with Crippen molar-refractivity contribution in [2.75, 3.05) is 0 Å². The van der Waals surface area contributed by atoms with E-state index in [0.717, 1.165) is 5.57 Å². The second-order valence-corrected chi connectivity index (χ2v) is 6.03. The lowest BCUT2D eigenvalue weighted by atomic mass is 10.0. The van der Waals surface area contributed by atoms with Crippen LogP contribution in [0.2, 0.25) is 0 Å². The predicted octanol–water partition coefficient (Wildman–Crippen LogP) is 5.21. The van der Waals surface area contributed by atoms with Gasteiger partial charge >= 0.3 is 5.97 Å². The van der Waals surface area contributed by atoms with E-state index in [9.17, 15) is 4.79 Å². The van der Waals surface area contributed by atoms with E-state index in [0.29, 0.717) is 11.6 Å². The molecule has 0 aliphatic heterocycles. The highest BCUT2D eigenvalue weighted by Crippen LogP contribution is 2.24. The van der Waals surface area contributed by atoms with Crippen LogP contribution in [0.3, 0.4) is 0 Å². The second-order valence-electron chi connectivity index (χ2n) is 6.03. The third-order valence-corrected chi connectivity index (χ3v) is 3.79. The maximum Gasteiger partial charge on any atom is 0.328 e. The van der Waals surface area contributed by atoms with Crippen molar-refractivity contribution < 1.29 is 9.90 Å². The summed E-state index contributed by atoms with van der Waals surface area (Å²) in [7, 11) is 0. The fourth-order valence-electron chi connectivity index (χ4n) is 2.54. The summed E-state index contributed by atoms with van der Waals surface area (Å²) in [6.07, 6.45) is 9.00. The Labute approximate surface area is 137 Å². The van der Waals surface area contributed by atoms with Gasteiger partial charge in [0.25, 0.3) is 0 Å². The van der Waals surface area contributed by atoms with Crippen LogP contribution in [0.1, 0.15) is 39.3 Å². The minimum absolute atomic E-state index is 0.446. The molecule has 0 fully saturated rings. The Morgan fingerprint density at radius 2 is 1.96 bits per heavy atom. The number of fused-ring (bicyclic) bond motifs is 1. The van der Waals surface area contributed by atoms with Crippen molar-refractivity contribution in [2.45, 2.75) is 33.7 Å². The van der Waals surface area contributed by atoms with E-state index in [-0.39, 0.29) is 0 Å². The fraction of sp³-hybridized carbons (Fsp3) is 0.250. The SMILES string of the molecule is CC(C=CC=C(C)c1ccc2c(ccn2C(C)C)c1)=CC(=O)O. The molecule has 2 aromatic rings. The van der Waals surface area contributed by atoms with Crippen molar-refractivity contribution in [3.05, 3.63) is 65.9 Å². The summed E-state index contributed by atoms with van der Waals surface area (Å²) < 4.78 is 2.26. The standard InChI is InChI=1S/C20H23NO2/c1-14(2)21-11-10-18-13-17(8-9-19(18)21)16(4)7-5-6-15(3)12-20(22)23/h5-14H,1-4H3,(H,22,23). The van der Waals surface area contributed by atoms with Crippen molar-refractivity contribution in [1.82, 2.24) is 4.57 Å². The molecule has 0 saturated carbocycles. The van der Waals surface area contributed by atoms with Gasteiger partial charge in [0.1, 0.15) is 0 Å². The van der Waals surface area contributed by atoms with Gasteiger partial charge in [-0.25, -0.2) is 4.79 Å². The summed E-state index contributed by atoms with van der Waals surface area (Å²) in [5.41, 5.74) is 4.27. The molecule has 1 N–H and O–H groups in total. The lowest BCUT2D eigenvalue weighted by Gasteiger charge is -2.09. The van der Waals surface area contributed by atoms with Crippen LogP contribution in [-0.2, 0) is 4.79 Å². The summed E-state index contributed by atoms with van der Waals surface area (Å²) >= 11 is 0. The molecule has 0 radical (unpaired) electrons. The molecule has 0 bridgehead atoms. The zero-order valence-electron chi connectivity index (χ0n) is 14.1. The van der Waals surface area contributed by atoms with E-state index >= 15 is 0 Å². The number of hydrogen-bond donors (Lipinski definition) is 1. The first kappa shape index (κ1) is 16.8. The lowest BCUT2D eigenvalue weighted by Crippen LogP contribution is -1.97. The van der Waals surface area contributed by atoms with Crippen LogP contribution in [-0.4, -0.2) is 15.6 Å². The first-order valence-electron chi connectivity index (χ1n) is 7.75.